The van der Waals surface area contributed by atoms with Gasteiger partial charge in [-0.2, -0.15) is 0 Å². The van der Waals surface area contributed by atoms with Gasteiger partial charge in [0.25, 0.3) is 5.91 Å². The molecule has 8 heteroatoms. The van der Waals surface area contributed by atoms with E-state index >= 15 is 0 Å². The topological polar surface area (TPSA) is 88.4 Å². The maximum absolute atomic E-state index is 12.5. The molecule has 0 spiro atoms. The molecule has 1 amide bonds. The average Bonchev–Trinajstić information content (AvgIpc) is 3.10. The van der Waals surface area contributed by atoms with Crippen LogP contribution in [0, 0.1) is 0 Å². The van der Waals surface area contributed by atoms with Gasteiger partial charge in [0.2, 0.25) is 0 Å². The zero-order chi connectivity index (χ0) is 18.5. The fraction of sp³-hybridized carbons (Fsp3) is 0.167. The van der Waals surface area contributed by atoms with Gasteiger partial charge in [-0.05, 0) is 35.9 Å². The highest BCUT2D eigenvalue weighted by Crippen LogP contribution is 2.37. The van der Waals surface area contributed by atoms with Gasteiger partial charge < -0.3 is 4.57 Å². The molecule has 134 valence electrons. The predicted octanol–water partition coefficient (Wildman–Crippen LogP) is 2.90. The normalized spacial score (nSPS) is 15.2. The van der Waals surface area contributed by atoms with E-state index < -0.39 is 15.7 Å². The summed E-state index contributed by atoms with van der Waals surface area (Å²) in [6.45, 7) is 0.440. The second-order valence-corrected chi connectivity index (χ2v) is 9.20. The van der Waals surface area contributed by atoms with Crippen molar-refractivity contribution in [3.8, 4) is 0 Å². The summed E-state index contributed by atoms with van der Waals surface area (Å²) in [5.74, 6) is -0.464. The first-order valence-electron chi connectivity index (χ1n) is 7.97. The molecule has 1 aliphatic heterocycles. The number of benzene rings is 2. The number of sulfone groups is 1. The summed E-state index contributed by atoms with van der Waals surface area (Å²) in [5, 5.41) is 9.53. The van der Waals surface area contributed by atoms with Crippen LogP contribution in [0.2, 0.25) is 0 Å². The number of fused-ring (bicyclic) bond motifs is 3. The van der Waals surface area contributed by atoms with Crippen LogP contribution in [0.1, 0.15) is 21.6 Å². The van der Waals surface area contributed by atoms with Crippen molar-refractivity contribution in [1.82, 2.24) is 10.0 Å². The Bertz CT molecular complexity index is 1150. The lowest BCUT2D eigenvalue weighted by molar-refractivity contribution is 0.0706. The third-order valence-electron chi connectivity index (χ3n) is 4.63. The molecule has 0 atom stereocenters. The number of aromatic nitrogens is 1. The fourth-order valence-corrected chi connectivity index (χ4v) is 5.61. The zero-order valence-corrected chi connectivity index (χ0v) is 16.0. The molecule has 1 aliphatic rings. The predicted molar refractivity (Wildman–Crippen MR) is 100 cm³/mol. The monoisotopic (exact) mass is 434 g/mol. The van der Waals surface area contributed by atoms with Crippen molar-refractivity contribution in [1.29, 1.82) is 0 Å². The lowest BCUT2D eigenvalue weighted by atomic mass is 10.1. The average molecular weight is 435 g/mol. The maximum atomic E-state index is 12.5. The molecule has 6 nitrogen and oxygen atoms in total. The van der Waals surface area contributed by atoms with Crippen LogP contribution in [-0.2, 0) is 22.8 Å². The Morgan fingerprint density at radius 1 is 1.23 bits per heavy atom. The lowest BCUT2D eigenvalue weighted by Gasteiger charge is -2.10. The van der Waals surface area contributed by atoms with Gasteiger partial charge in [-0.25, -0.2) is 13.9 Å². The zero-order valence-electron chi connectivity index (χ0n) is 13.6. The highest BCUT2D eigenvalue weighted by Gasteiger charge is 2.33. The number of carbonyl (C=O) groups is 1. The first-order valence-corrected chi connectivity index (χ1v) is 10.4. The second kappa shape index (κ2) is 6.22. The molecule has 0 fully saturated rings. The minimum absolute atomic E-state index is 0.118. The molecule has 2 aromatic carbocycles. The molecular weight excluding hydrogens is 420 g/mol. The Kier molecular flexibility index (Phi) is 4.13. The van der Waals surface area contributed by atoms with E-state index in [1.54, 1.807) is 23.7 Å². The van der Waals surface area contributed by atoms with Crippen LogP contribution in [0.25, 0.3) is 10.9 Å². The maximum Gasteiger partial charge on any atom is 0.274 e. The molecule has 0 unspecified atom stereocenters. The van der Waals surface area contributed by atoms with E-state index in [0.717, 1.165) is 26.6 Å². The minimum Gasteiger partial charge on any atom is -0.339 e. The number of hydrogen-bond acceptors (Lipinski definition) is 4. The third kappa shape index (κ3) is 2.74. The largest absolute Gasteiger partial charge is 0.339 e. The van der Waals surface area contributed by atoms with Crippen LogP contribution in [0.5, 0.6) is 0 Å². The van der Waals surface area contributed by atoms with E-state index in [9.17, 15) is 13.2 Å². The molecule has 2 N–H and O–H groups in total. The van der Waals surface area contributed by atoms with Gasteiger partial charge in [0.1, 0.15) is 0 Å². The van der Waals surface area contributed by atoms with Crippen molar-refractivity contribution in [3.63, 3.8) is 0 Å². The van der Waals surface area contributed by atoms with Crippen molar-refractivity contribution >= 4 is 42.6 Å². The summed E-state index contributed by atoms with van der Waals surface area (Å²) < 4.78 is 27.9. The molecule has 0 aliphatic carbocycles. The van der Waals surface area contributed by atoms with E-state index in [1.807, 2.05) is 28.8 Å². The van der Waals surface area contributed by atoms with Crippen molar-refractivity contribution in [3.05, 3.63) is 63.8 Å². The summed E-state index contributed by atoms with van der Waals surface area (Å²) in [6.07, 6.45) is 0.473. The van der Waals surface area contributed by atoms with E-state index in [0.29, 0.717) is 23.4 Å². The van der Waals surface area contributed by atoms with Crippen LogP contribution in [0.3, 0.4) is 0 Å². The quantitative estimate of drug-likeness (QED) is 0.489. The SMILES string of the molecule is O=C(NO)c1cccc(Cn2c3c(c4cc(Br)ccc42)S(=O)(=O)CC3)c1. The number of rotatable bonds is 3. The molecule has 2 heterocycles. The molecular formula is C18H15BrN2O4S. The summed E-state index contributed by atoms with van der Waals surface area (Å²) in [6, 6.07) is 12.5. The summed E-state index contributed by atoms with van der Waals surface area (Å²) in [4.78, 5) is 12.1. The first-order chi connectivity index (χ1) is 12.4. The van der Waals surface area contributed by atoms with Crippen LogP contribution in [-0.4, -0.2) is 29.9 Å². The molecule has 0 radical (unpaired) electrons. The Hall–Kier alpha value is -2.16. The van der Waals surface area contributed by atoms with Gasteiger partial charge >= 0.3 is 0 Å². The number of carbonyl (C=O) groups excluding carboxylic acids is 1. The highest BCUT2D eigenvalue weighted by molar-refractivity contribution is 9.10. The minimum atomic E-state index is -3.28. The molecule has 26 heavy (non-hydrogen) atoms. The number of hydroxylamine groups is 1. The first kappa shape index (κ1) is 17.3. The summed E-state index contributed by atoms with van der Waals surface area (Å²) in [5.41, 5.74) is 4.46. The number of hydrogen-bond donors (Lipinski definition) is 2. The Balaban J connectivity index is 1.88. The molecule has 1 aromatic heterocycles. The molecule has 0 saturated heterocycles. The van der Waals surface area contributed by atoms with Gasteiger partial charge in [0, 0.05) is 39.6 Å². The molecule has 4 rings (SSSR count). The van der Waals surface area contributed by atoms with Gasteiger partial charge in [0.15, 0.2) is 9.84 Å². The van der Waals surface area contributed by atoms with Gasteiger partial charge in [-0.1, -0.05) is 28.1 Å². The van der Waals surface area contributed by atoms with Crippen molar-refractivity contribution < 1.29 is 18.4 Å². The van der Waals surface area contributed by atoms with E-state index in [-0.39, 0.29) is 5.75 Å². The summed E-state index contributed by atoms with van der Waals surface area (Å²) >= 11 is 3.42. The van der Waals surface area contributed by atoms with Crippen molar-refractivity contribution in [2.24, 2.45) is 0 Å². The number of halogens is 1. The smallest absolute Gasteiger partial charge is 0.274 e. The van der Waals surface area contributed by atoms with Gasteiger partial charge in [-0.3, -0.25) is 10.0 Å². The van der Waals surface area contributed by atoms with Crippen molar-refractivity contribution in [2.45, 2.75) is 17.9 Å². The Morgan fingerprint density at radius 3 is 2.81 bits per heavy atom. The molecule has 0 saturated carbocycles. The Morgan fingerprint density at radius 2 is 2.04 bits per heavy atom. The van der Waals surface area contributed by atoms with Gasteiger partial charge in [-0.15, -0.1) is 0 Å². The van der Waals surface area contributed by atoms with Crippen LogP contribution >= 0.6 is 15.9 Å². The van der Waals surface area contributed by atoms with Crippen LogP contribution < -0.4 is 5.48 Å². The van der Waals surface area contributed by atoms with Crippen molar-refractivity contribution in [2.75, 3.05) is 5.75 Å². The fourth-order valence-electron chi connectivity index (χ4n) is 3.52. The number of nitrogens with zero attached hydrogens (tertiary/aromatic N) is 1. The third-order valence-corrected chi connectivity index (χ3v) is 6.94. The number of amides is 1. The van der Waals surface area contributed by atoms with Crippen LogP contribution in [0.15, 0.2) is 51.8 Å². The highest BCUT2D eigenvalue weighted by atomic mass is 79.9. The van der Waals surface area contributed by atoms with E-state index in [4.69, 9.17) is 5.21 Å². The van der Waals surface area contributed by atoms with E-state index in [1.165, 1.54) is 0 Å². The van der Waals surface area contributed by atoms with E-state index in [2.05, 4.69) is 15.9 Å². The standard InChI is InChI=1S/C18H15BrN2O4S/c19-13-4-5-15-14(9-13)17-16(6-7-26(17,24)25)21(15)10-11-2-1-3-12(8-11)18(22)20-23/h1-5,8-9,23H,6-7,10H2,(H,20,22). The second-order valence-electron chi connectivity index (χ2n) is 6.23. The number of nitrogens with one attached hydrogen (secondary N) is 1. The summed E-state index contributed by atoms with van der Waals surface area (Å²) in [7, 11) is -3.28. The van der Waals surface area contributed by atoms with Crippen LogP contribution in [0.4, 0.5) is 0 Å². The molecule has 0 bridgehead atoms. The lowest BCUT2D eigenvalue weighted by Crippen LogP contribution is -2.18. The van der Waals surface area contributed by atoms with Gasteiger partial charge in [0.05, 0.1) is 10.6 Å². The molecule has 3 aromatic rings. The Labute approximate surface area is 158 Å².